The van der Waals surface area contributed by atoms with Gasteiger partial charge in [-0.15, -0.1) is 0 Å². The molecule has 0 aliphatic heterocycles. The Kier molecular flexibility index (Phi) is 4.65. The fraction of sp³-hybridized carbons (Fsp3) is 0.467. The van der Waals surface area contributed by atoms with Crippen LogP contribution >= 0.6 is 11.6 Å². The van der Waals surface area contributed by atoms with E-state index in [9.17, 15) is 10.1 Å². The van der Waals surface area contributed by atoms with E-state index in [4.69, 9.17) is 11.6 Å². The van der Waals surface area contributed by atoms with Crippen LogP contribution in [-0.2, 0) is 0 Å². The minimum absolute atomic E-state index is 0.0534. The zero-order valence-electron chi connectivity index (χ0n) is 11.7. The second-order valence-electron chi connectivity index (χ2n) is 5.60. The maximum atomic E-state index is 10.7. The number of nitro groups is 1. The zero-order chi connectivity index (χ0) is 14.7. The predicted octanol–water partition coefficient (Wildman–Crippen LogP) is 4.65. The molecule has 2 rings (SSSR count). The number of allylic oxidation sites excluding steroid dienone is 2. The summed E-state index contributed by atoms with van der Waals surface area (Å²) in [5.74, 6) is 1.22. The van der Waals surface area contributed by atoms with Gasteiger partial charge >= 0.3 is 0 Å². The third-order valence-corrected chi connectivity index (χ3v) is 3.93. The van der Waals surface area contributed by atoms with Gasteiger partial charge in [-0.1, -0.05) is 30.2 Å². The molecule has 0 saturated carbocycles. The van der Waals surface area contributed by atoms with Crippen LogP contribution in [0.2, 0.25) is 5.02 Å². The molecule has 4 nitrogen and oxygen atoms in total. The summed E-state index contributed by atoms with van der Waals surface area (Å²) >= 11 is 5.90. The van der Waals surface area contributed by atoms with Crippen LogP contribution < -0.4 is 5.32 Å². The summed E-state index contributed by atoms with van der Waals surface area (Å²) in [5, 5.41) is 14.2. The molecule has 1 aromatic rings. The molecule has 0 saturated heterocycles. The maximum Gasteiger partial charge on any atom is 0.288 e. The van der Waals surface area contributed by atoms with Crippen LogP contribution in [0.15, 0.2) is 29.8 Å². The molecular weight excluding hydrogens is 276 g/mol. The minimum atomic E-state index is -0.469. The molecule has 5 heteroatoms. The molecule has 2 unspecified atom stereocenters. The number of anilines is 1. The molecule has 1 N–H and O–H groups in total. The number of nitrogens with zero attached hydrogens (tertiary/aromatic N) is 1. The minimum Gasteiger partial charge on any atom is -0.385 e. The summed E-state index contributed by atoms with van der Waals surface area (Å²) in [5.41, 5.74) is 2.22. The number of rotatable bonds is 4. The van der Waals surface area contributed by atoms with Crippen molar-refractivity contribution in [2.24, 2.45) is 11.8 Å². The van der Waals surface area contributed by atoms with E-state index in [-0.39, 0.29) is 10.7 Å². The fourth-order valence-electron chi connectivity index (χ4n) is 2.87. The van der Waals surface area contributed by atoms with E-state index >= 15 is 0 Å². The molecule has 0 heterocycles. The standard InChI is InChI=1S/C15H19ClN2O2/c1-10-5-11(2)7-12(6-10)9-17-13-3-4-15(18(19)20)14(16)8-13/h3-5,8,10,12,17H,6-7,9H2,1-2H3. The Labute approximate surface area is 124 Å². The van der Waals surface area contributed by atoms with Gasteiger partial charge in [0.05, 0.1) is 4.92 Å². The van der Waals surface area contributed by atoms with E-state index < -0.39 is 4.92 Å². The molecule has 0 aromatic heterocycles. The van der Waals surface area contributed by atoms with E-state index in [2.05, 4.69) is 25.2 Å². The third kappa shape index (κ3) is 3.73. The Morgan fingerprint density at radius 1 is 1.50 bits per heavy atom. The number of nitrogens with one attached hydrogen (secondary N) is 1. The molecule has 0 bridgehead atoms. The van der Waals surface area contributed by atoms with Crippen molar-refractivity contribution in [2.75, 3.05) is 11.9 Å². The van der Waals surface area contributed by atoms with Crippen LogP contribution in [0.3, 0.4) is 0 Å². The molecule has 0 spiro atoms. The molecule has 0 radical (unpaired) electrons. The maximum absolute atomic E-state index is 10.7. The molecule has 108 valence electrons. The highest BCUT2D eigenvalue weighted by atomic mass is 35.5. The Morgan fingerprint density at radius 3 is 2.85 bits per heavy atom. The molecule has 20 heavy (non-hydrogen) atoms. The second-order valence-corrected chi connectivity index (χ2v) is 6.01. The summed E-state index contributed by atoms with van der Waals surface area (Å²) in [6, 6.07) is 4.77. The first-order valence-electron chi connectivity index (χ1n) is 6.81. The second kappa shape index (κ2) is 6.27. The van der Waals surface area contributed by atoms with Crippen LogP contribution in [0.5, 0.6) is 0 Å². The first-order valence-corrected chi connectivity index (χ1v) is 7.18. The van der Waals surface area contributed by atoms with Gasteiger partial charge in [-0.05, 0) is 43.7 Å². The van der Waals surface area contributed by atoms with Crippen molar-refractivity contribution in [1.82, 2.24) is 0 Å². The van der Waals surface area contributed by atoms with E-state index in [0.717, 1.165) is 18.7 Å². The van der Waals surface area contributed by atoms with Crippen molar-refractivity contribution in [3.05, 3.63) is 45.0 Å². The van der Waals surface area contributed by atoms with Gasteiger partial charge in [0, 0.05) is 18.3 Å². The van der Waals surface area contributed by atoms with E-state index in [1.807, 2.05) is 0 Å². The van der Waals surface area contributed by atoms with Crippen LogP contribution in [0, 0.1) is 22.0 Å². The SMILES string of the molecule is CC1=CC(C)CC(CNc2ccc([N+](=O)[O-])c(Cl)c2)C1. The Morgan fingerprint density at radius 2 is 2.25 bits per heavy atom. The molecule has 1 aromatic carbocycles. The largest absolute Gasteiger partial charge is 0.385 e. The van der Waals surface area contributed by atoms with Gasteiger partial charge in [0.1, 0.15) is 5.02 Å². The van der Waals surface area contributed by atoms with E-state index in [0.29, 0.717) is 11.8 Å². The smallest absolute Gasteiger partial charge is 0.288 e. The van der Waals surface area contributed by atoms with Crippen molar-refractivity contribution >= 4 is 23.0 Å². The van der Waals surface area contributed by atoms with Gasteiger partial charge in [0.2, 0.25) is 0 Å². The van der Waals surface area contributed by atoms with Crippen molar-refractivity contribution in [3.63, 3.8) is 0 Å². The highest BCUT2D eigenvalue weighted by Gasteiger charge is 2.18. The molecule has 1 aliphatic carbocycles. The number of nitro benzene ring substituents is 1. The number of hydrogen-bond acceptors (Lipinski definition) is 3. The van der Waals surface area contributed by atoms with Gasteiger partial charge in [0.25, 0.3) is 5.69 Å². The first kappa shape index (κ1) is 14.9. The zero-order valence-corrected chi connectivity index (χ0v) is 12.5. The Bertz CT molecular complexity index is 543. The monoisotopic (exact) mass is 294 g/mol. The van der Waals surface area contributed by atoms with Crippen molar-refractivity contribution in [1.29, 1.82) is 0 Å². The lowest BCUT2D eigenvalue weighted by atomic mass is 9.84. The van der Waals surface area contributed by atoms with E-state index in [1.54, 1.807) is 12.1 Å². The van der Waals surface area contributed by atoms with Crippen LogP contribution in [0.25, 0.3) is 0 Å². The summed E-state index contributed by atoms with van der Waals surface area (Å²) in [6.07, 6.45) is 4.61. The molecule has 2 atom stereocenters. The summed E-state index contributed by atoms with van der Waals surface area (Å²) in [4.78, 5) is 10.2. The third-order valence-electron chi connectivity index (χ3n) is 3.62. The van der Waals surface area contributed by atoms with Crippen LogP contribution in [-0.4, -0.2) is 11.5 Å². The van der Waals surface area contributed by atoms with E-state index in [1.165, 1.54) is 18.1 Å². The highest BCUT2D eigenvalue weighted by Crippen LogP contribution is 2.30. The number of benzene rings is 1. The highest BCUT2D eigenvalue weighted by molar-refractivity contribution is 6.32. The van der Waals surface area contributed by atoms with Crippen LogP contribution in [0.1, 0.15) is 26.7 Å². The lowest BCUT2D eigenvalue weighted by molar-refractivity contribution is -0.384. The normalized spacial score (nSPS) is 22.2. The summed E-state index contributed by atoms with van der Waals surface area (Å²) in [6.45, 7) is 5.27. The van der Waals surface area contributed by atoms with Gasteiger partial charge in [-0.3, -0.25) is 10.1 Å². The van der Waals surface area contributed by atoms with Crippen molar-refractivity contribution in [2.45, 2.75) is 26.7 Å². The average Bonchev–Trinajstić information content (AvgIpc) is 2.35. The predicted molar refractivity (Wildman–Crippen MR) is 82.2 cm³/mol. The van der Waals surface area contributed by atoms with Crippen molar-refractivity contribution < 1.29 is 4.92 Å². The molecule has 0 fully saturated rings. The quantitative estimate of drug-likeness (QED) is 0.499. The van der Waals surface area contributed by atoms with Gasteiger partial charge < -0.3 is 5.32 Å². The Balaban J connectivity index is 1.96. The van der Waals surface area contributed by atoms with Crippen LogP contribution in [0.4, 0.5) is 11.4 Å². The topological polar surface area (TPSA) is 55.2 Å². The van der Waals surface area contributed by atoms with Crippen molar-refractivity contribution in [3.8, 4) is 0 Å². The molecule has 1 aliphatic rings. The summed E-state index contributed by atoms with van der Waals surface area (Å²) < 4.78 is 0. The van der Waals surface area contributed by atoms with Gasteiger partial charge in [-0.2, -0.15) is 0 Å². The first-order chi connectivity index (χ1) is 9.45. The number of hydrogen-bond donors (Lipinski definition) is 1. The number of halogens is 1. The van der Waals surface area contributed by atoms with Gasteiger partial charge in [-0.25, -0.2) is 0 Å². The lowest BCUT2D eigenvalue weighted by Crippen LogP contribution is -2.20. The van der Waals surface area contributed by atoms with Gasteiger partial charge in [0.15, 0.2) is 0 Å². The Hall–Kier alpha value is -1.55. The molecule has 0 amide bonds. The lowest BCUT2D eigenvalue weighted by Gasteiger charge is -2.26. The summed E-state index contributed by atoms with van der Waals surface area (Å²) in [7, 11) is 0. The molecular formula is C15H19ClN2O2. The fourth-order valence-corrected chi connectivity index (χ4v) is 3.12. The average molecular weight is 295 g/mol.